The van der Waals surface area contributed by atoms with E-state index in [1.54, 1.807) is 13.8 Å². The van der Waals surface area contributed by atoms with Gasteiger partial charge in [-0.15, -0.1) is 0 Å². The second-order valence-corrected chi connectivity index (χ2v) is 9.23. The maximum atomic E-state index is 12.8. The van der Waals surface area contributed by atoms with Crippen molar-refractivity contribution in [2.45, 2.75) is 85.0 Å². The van der Waals surface area contributed by atoms with Crippen LogP contribution in [-0.4, -0.2) is 58.9 Å². The highest BCUT2D eigenvalue weighted by atomic mass is 16.4. The highest BCUT2D eigenvalue weighted by Gasteiger charge is 2.32. The molecule has 0 saturated carbocycles. The zero-order valence-electron chi connectivity index (χ0n) is 19.8. The van der Waals surface area contributed by atoms with Crippen LogP contribution in [0.1, 0.15) is 60.8 Å². The first kappa shape index (κ1) is 29.3. The normalized spacial score (nSPS) is 15.1. The summed E-state index contributed by atoms with van der Waals surface area (Å²) in [6, 6.07) is -4.40. The number of nitrogens with two attached hydrogens (primary N) is 2. The number of carboxylic acid groups (broad SMARTS) is 1. The van der Waals surface area contributed by atoms with Crippen LogP contribution in [0.2, 0.25) is 0 Å². The quantitative estimate of drug-likeness (QED) is 0.202. The minimum absolute atomic E-state index is 0.0166. The van der Waals surface area contributed by atoms with E-state index in [9.17, 15) is 29.1 Å². The minimum Gasteiger partial charge on any atom is -0.480 e. The molecule has 0 spiro atoms. The van der Waals surface area contributed by atoms with Gasteiger partial charge in [-0.1, -0.05) is 41.5 Å². The molecule has 0 heterocycles. The zero-order chi connectivity index (χ0) is 25.2. The number of carbonyl (C=O) groups is 5. The van der Waals surface area contributed by atoms with Gasteiger partial charge in [-0.2, -0.15) is 0 Å². The van der Waals surface area contributed by atoms with Gasteiger partial charge in [-0.05, 0) is 30.6 Å². The average Bonchev–Trinajstić information content (AvgIpc) is 2.62. The van der Waals surface area contributed by atoms with Crippen molar-refractivity contribution in [1.29, 1.82) is 0 Å². The third-order valence-electron chi connectivity index (χ3n) is 4.67. The van der Waals surface area contributed by atoms with Crippen molar-refractivity contribution in [2.75, 3.05) is 0 Å². The molecule has 0 aromatic carbocycles. The number of hydrogen-bond acceptors (Lipinski definition) is 6. The van der Waals surface area contributed by atoms with E-state index in [4.69, 9.17) is 11.5 Å². The van der Waals surface area contributed by atoms with Gasteiger partial charge in [0.15, 0.2) is 0 Å². The van der Waals surface area contributed by atoms with Crippen molar-refractivity contribution in [3.05, 3.63) is 0 Å². The van der Waals surface area contributed by atoms with Crippen LogP contribution in [0.3, 0.4) is 0 Å². The molecule has 0 aromatic heterocycles. The Labute approximate surface area is 189 Å². The van der Waals surface area contributed by atoms with Crippen molar-refractivity contribution < 1.29 is 29.1 Å². The third kappa shape index (κ3) is 11.1. The largest absolute Gasteiger partial charge is 0.480 e. The molecule has 4 unspecified atom stereocenters. The predicted octanol–water partition coefficient (Wildman–Crippen LogP) is -0.524. The summed E-state index contributed by atoms with van der Waals surface area (Å²) in [7, 11) is 0. The summed E-state index contributed by atoms with van der Waals surface area (Å²) in [4.78, 5) is 60.8. The maximum absolute atomic E-state index is 12.8. The number of rotatable bonds is 14. The predicted molar refractivity (Wildman–Crippen MR) is 119 cm³/mol. The van der Waals surface area contributed by atoms with Crippen molar-refractivity contribution in [2.24, 2.45) is 29.2 Å². The molecule has 184 valence electrons. The van der Waals surface area contributed by atoms with E-state index in [-0.39, 0.29) is 24.2 Å². The summed E-state index contributed by atoms with van der Waals surface area (Å²) in [5.74, 6) is -4.34. The first-order chi connectivity index (χ1) is 14.6. The van der Waals surface area contributed by atoms with E-state index in [0.29, 0.717) is 6.42 Å². The van der Waals surface area contributed by atoms with E-state index in [0.717, 1.165) is 0 Å². The summed E-state index contributed by atoms with van der Waals surface area (Å²) in [6.07, 6.45) is 0.110. The number of carbonyl (C=O) groups excluding carboxylic acids is 4. The standard InChI is InChI=1S/C21H39N5O6/c1-10(2)7-13(22)18(28)24-15(9-16(23)27)19(29)25-14(8-11(3)4)20(30)26-17(12(5)6)21(31)32/h10-15,17H,7-9,22H2,1-6H3,(H2,23,27)(H,24,28)(H,25,29)(H,26,30)(H,31,32). The number of aliphatic carboxylic acids is 1. The maximum Gasteiger partial charge on any atom is 0.326 e. The van der Waals surface area contributed by atoms with E-state index in [1.807, 2.05) is 27.7 Å². The first-order valence-electron chi connectivity index (χ1n) is 10.8. The van der Waals surface area contributed by atoms with E-state index in [2.05, 4.69) is 16.0 Å². The number of primary amides is 1. The first-order valence-corrected chi connectivity index (χ1v) is 10.8. The molecule has 0 aliphatic heterocycles. The van der Waals surface area contributed by atoms with E-state index in [1.165, 1.54) is 0 Å². The van der Waals surface area contributed by atoms with Gasteiger partial charge in [0.25, 0.3) is 0 Å². The molecule has 11 heteroatoms. The van der Waals surface area contributed by atoms with Gasteiger partial charge >= 0.3 is 5.97 Å². The second-order valence-electron chi connectivity index (χ2n) is 9.23. The van der Waals surface area contributed by atoms with Crippen LogP contribution in [0.15, 0.2) is 0 Å². The van der Waals surface area contributed by atoms with Crippen LogP contribution in [0, 0.1) is 17.8 Å². The Morgan fingerprint density at radius 2 is 1.22 bits per heavy atom. The summed E-state index contributed by atoms with van der Waals surface area (Å²) in [6.45, 7) is 10.7. The smallest absolute Gasteiger partial charge is 0.326 e. The van der Waals surface area contributed by atoms with Crippen LogP contribution in [-0.2, 0) is 24.0 Å². The lowest BCUT2D eigenvalue weighted by Crippen LogP contribution is -2.58. The molecule has 0 bridgehead atoms. The highest BCUT2D eigenvalue weighted by molar-refractivity contribution is 5.96. The molecule has 0 aromatic rings. The lowest BCUT2D eigenvalue weighted by atomic mass is 9.99. The SMILES string of the molecule is CC(C)CC(N)C(=O)NC(CC(N)=O)C(=O)NC(CC(C)C)C(=O)NC(C(=O)O)C(C)C. The summed E-state index contributed by atoms with van der Waals surface area (Å²) >= 11 is 0. The van der Waals surface area contributed by atoms with Gasteiger partial charge in [0.05, 0.1) is 12.5 Å². The Balaban J connectivity index is 5.51. The zero-order valence-corrected chi connectivity index (χ0v) is 19.8. The fourth-order valence-corrected chi connectivity index (χ4v) is 3.05. The molecule has 0 radical (unpaired) electrons. The van der Waals surface area contributed by atoms with Crippen LogP contribution in [0.25, 0.3) is 0 Å². The van der Waals surface area contributed by atoms with Gasteiger partial charge in [-0.3, -0.25) is 19.2 Å². The fraction of sp³-hybridized carbons (Fsp3) is 0.762. The molecule has 0 fully saturated rings. The highest BCUT2D eigenvalue weighted by Crippen LogP contribution is 2.09. The lowest BCUT2D eigenvalue weighted by molar-refractivity contribution is -0.143. The topological polar surface area (TPSA) is 194 Å². The van der Waals surface area contributed by atoms with Crippen molar-refractivity contribution in [3.8, 4) is 0 Å². The average molecular weight is 458 g/mol. The Bertz CT molecular complexity index is 680. The van der Waals surface area contributed by atoms with Crippen molar-refractivity contribution >= 4 is 29.6 Å². The molecule has 32 heavy (non-hydrogen) atoms. The molecule has 4 amide bonds. The summed E-state index contributed by atoms with van der Waals surface area (Å²) in [5.41, 5.74) is 11.1. The van der Waals surface area contributed by atoms with Crippen molar-refractivity contribution in [1.82, 2.24) is 16.0 Å². The Morgan fingerprint density at radius 3 is 1.62 bits per heavy atom. The number of nitrogens with one attached hydrogen (secondary N) is 3. The molecule has 4 atom stereocenters. The number of hydrogen-bond donors (Lipinski definition) is 6. The van der Waals surface area contributed by atoms with Crippen LogP contribution >= 0.6 is 0 Å². The van der Waals surface area contributed by atoms with Crippen LogP contribution in [0.5, 0.6) is 0 Å². The van der Waals surface area contributed by atoms with Gasteiger partial charge in [-0.25, -0.2) is 4.79 Å². The lowest BCUT2D eigenvalue weighted by Gasteiger charge is -2.26. The molecule has 0 aliphatic carbocycles. The van der Waals surface area contributed by atoms with E-state index >= 15 is 0 Å². The molecule has 0 rings (SSSR count). The van der Waals surface area contributed by atoms with Crippen LogP contribution < -0.4 is 27.4 Å². The fourth-order valence-electron chi connectivity index (χ4n) is 3.05. The Morgan fingerprint density at radius 1 is 0.750 bits per heavy atom. The Kier molecular flexibility index (Phi) is 12.5. The molecular formula is C21H39N5O6. The molecule has 0 aliphatic rings. The van der Waals surface area contributed by atoms with E-state index < -0.39 is 60.2 Å². The molecule has 11 nitrogen and oxygen atoms in total. The number of amides is 4. The third-order valence-corrected chi connectivity index (χ3v) is 4.67. The monoisotopic (exact) mass is 457 g/mol. The Hall–Kier alpha value is -2.69. The molecular weight excluding hydrogens is 418 g/mol. The number of carboxylic acids is 1. The van der Waals surface area contributed by atoms with Gasteiger partial charge < -0.3 is 32.5 Å². The van der Waals surface area contributed by atoms with Gasteiger partial charge in [0.1, 0.15) is 18.1 Å². The molecule has 8 N–H and O–H groups in total. The van der Waals surface area contributed by atoms with Gasteiger partial charge in [0, 0.05) is 0 Å². The summed E-state index contributed by atoms with van der Waals surface area (Å²) < 4.78 is 0. The van der Waals surface area contributed by atoms with Gasteiger partial charge in [0.2, 0.25) is 23.6 Å². The summed E-state index contributed by atoms with van der Waals surface area (Å²) in [5, 5.41) is 16.7. The molecule has 0 saturated heterocycles. The second kappa shape index (κ2) is 13.7. The van der Waals surface area contributed by atoms with Crippen molar-refractivity contribution in [3.63, 3.8) is 0 Å². The van der Waals surface area contributed by atoms with Crippen LogP contribution in [0.4, 0.5) is 0 Å². The minimum atomic E-state index is -1.32.